The van der Waals surface area contributed by atoms with Crippen molar-refractivity contribution in [2.75, 3.05) is 12.4 Å². The fraction of sp³-hybridized carbons (Fsp3) is 0.303. The monoisotopic (exact) mass is 543 g/mol. The molecule has 3 aromatic rings. The molecule has 0 aromatic heterocycles. The zero-order valence-electron chi connectivity index (χ0n) is 22.5. The van der Waals surface area contributed by atoms with Gasteiger partial charge in [-0.1, -0.05) is 97.1 Å². The number of halogens is 1. The molecule has 0 bridgehead atoms. The molecule has 3 aromatic carbocycles. The Morgan fingerprint density at radius 2 is 1.59 bits per heavy atom. The first-order valence-corrected chi connectivity index (χ1v) is 13.9. The number of ketones is 2. The quantitative estimate of drug-likeness (QED) is 0.0653. The predicted molar refractivity (Wildman–Crippen MR) is 162 cm³/mol. The molecule has 39 heavy (non-hydrogen) atoms. The molecule has 3 atom stereocenters. The third-order valence-electron chi connectivity index (χ3n) is 6.92. The number of benzene rings is 3. The van der Waals surface area contributed by atoms with Crippen LogP contribution in [-0.2, 0) is 11.2 Å². The molecule has 5 nitrogen and oxygen atoms in total. The van der Waals surface area contributed by atoms with Gasteiger partial charge in [-0.2, -0.15) is 0 Å². The van der Waals surface area contributed by atoms with E-state index in [9.17, 15) is 9.59 Å². The number of nitrogens with one attached hydrogen (secondary N) is 2. The molecule has 0 aliphatic rings. The van der Waals surface area contributed by atoms with Crippen molar-refractivity contribution in [1.29, 1.82) is 5.41 Å². The number of Topliss-reactive ketones (excluding diaryl/α,β-unsaturated/α-hetero) is 2. The van der Waals surface area contributed by atoms with Gasteiger partial charge in [-0.05, 0) is 49.4 Å². The summed E-state index contributed by atoms with van der Waals surface area (Å²) in [7, 11) is 0. The van der Waals surface area contributed by atoms with E-state index >= 15 is 0 Å². The van der Waals surface area contributed by atoms with E-state index < -0.39 is 12.0 Å². The average molecular weight is 544 g/mol. The van der Waals surface area contributed by atoms with E-state index in [1.165, 1.54) is 0 Å². The van der Waals surface area contributed by atoms with Crippen molar-refractivity contribution in [2.24, 2.45) is 11.7 Å². The molecule has 0 radical (unpaired) electrons. The van der Waals surface area contributed by atoms with Crippen molar-refractivity contribution < 1.29 is 9.59 Å². The first-order chi connectivity index (χ1) is 18.8. The minimum atomic E-state index is -0.712. The fourth-order valence-corrected chi connectivity index (χ4v) is 5.03. The lowest BCUT2D eigenvalue weighted by Crippen LogP contribution is -2.39. The van der Waals surface area contributed by atoms with Crippen LogP contribution in [0.5, 0.6) is 0 Å². The van der Waals surface area contributed by atoms with Gasteiger partial charge < -0.3 is 16.5 Å². The average Bonchev–Trinajstić information content (AvgIpc) is 2.96. The highest BCUT2D eigenvalue weighted by atomic mass is 35.5. The molecule has 3 rings (SSSR count). The Hall–Kier alpha value is -3.38. The van der Waals surface area contributed by atoms with Crippen LogP contribution in [0, 0.1) is 11.3 Å². The molecular weight excluding hydrogens is 506 g/mol. The minimum Gasteiger partial charge on any atom is -0.321 e. The summed E-state index contributed by atoms with van der Waals surface area (Å²) < 4.78 is 0. The molecule has 0 aliphatic carbocycles. The predicted octanol–water partition coefficient (Wildman–Crippen LogP) is 6.25. The maximum Gasteiger partial charge on any atom is 0.207 e. The molecule has 0 saturated carbocycles. The van der Waals surface area contributed by atoms with Crippen molar-refractivity contribution in [1.82, 2.24) is 5.32 Å². The molecule has 0 fully saturated rings. The van der Waals surface area contributed by atoms with Crippen molar-refractivity contribution in [2.45, 2.75) is 44.7 Å². The van der Waals surface area contributed by atoms with Crippen LogP contribution in [0.4, 0.5) is 0 Å². The Bertz CT molecular complexity index is 1260. The summed E-state index contributed by atoms with van der Waals surface area (Å²) in [5.41, 5.74) is 10.4. The minimum absolute atomic E-state index is 0.00415. The van der Waals surface area contributed by atoms with Crippen LogP contribution in [-0.4, -0.2) is 41.8 Å². The van der Waals surface area contributed by atoms with E-state index in [0.717, 1.165) is 22.3 Å². The Kier molecular flexibility index (Phi) is 11.8. The Morgan fingerprint density at radius 3 is 2.23 bits per heavy atom. The van der Waals surface area contributed by atoms with Crippen molar-refractivity contribution in [3.63, 3.8) is 0 Å². The largest absolute Gasteiger partial charge is 0.321 e. The summed E-state index contributed by atoms with van der Waals surface area (Å²) in [4.78, 5) is 27.0. The zero-order chi connectivity index (χ0) is 28.2. The number of alkyl halides is 1. The lowest BCUT2D eigenvalue weighted by atomic mass is 9.84. The van der Waals surface area contributed by atoms with Gasteiger partial charge in [-0.15, -0.1) is 11.6 Å². The summed E-state index contributed by atoms with van der Waals surface area (Å²) in [6, 6.07) is 25.9. The third kappa shape index (κ3) is 8.82. The van der Waals surface area contributed by atoms with Crippen molar-refractivity contribution in [3.8, 4) is 11.1 Å². The van der Waals surface area contributed by atoms with Gasteiger partial charge in [0.25, 0.3) is 0 Å². The number of nitrogens with two attached hydrogens (primary N) is 1. The van der Waals surface area contributed by atoms with Crippen LogP contribution in [0.15, 0.2) is 97.1 Å². The number of carbonyl (C=O) groups is 2. The molecule has 0 saturated heterocycles. The lowest BCUT2D eigenvalue weighted by molar-refractivity contribution is -0.124. The van der Waals surface area contributed by atoms with Crippen LogP contribution < -0.4 is 11.1 Å². The standard InChI is InChI=1S/C33H38ClN3O2/c1-23(2)31(22-34)37-19-11-16-26(32(38)29(35)20-24-12-5-3-6-13-24)21-30(36)33(39)28-18-10-9-17-27(28)25-14-7-4-8-15-25/h3-10,12-15,17-18,26,29,31,36-37H,1,11,16,19-22,35H2,2H3. The van der Waals surface area contributed by atoms with Gasteiger partial charge in [0.1, 0.15) is 0 Å². The van der Waals surface area contributed by atoms with Gasteiger partial charge in [0.15, 0.2) is 5.78 Å². The second-order valence-corrected chi connectivity index (χ2v) is 10.3. The van der Waals surface area contributed by atoms with Gasteiger partial charge in [-0.3, -0.25) is 9.59 Å². The van der Waals surface area contributed by atoms with Crippen molar-refractivity contribution >= 4 is 28.9 Å². The topological polar surface area (TPSA) is 96.0 Å². The highest BCUT2D eigenvalue weighted by molar-refractivity contribution is 6.46. The zero-order valence-corrected chi connectivity index (χ0v) is 23.3. The molecule has 3 unspecified atom stereocenters. The van der Waals surface area contributed by atoms with Crippen molar-refractivity contribution in [3.05, 3.63) is 108 Å². The molecule has 0 heterocycles. The van der Waals surface area contributed by atoms with Gasteiger partial charge in [0.05, 0.1) is 11.8 Å². The van der Waals surface area contributed by atoms with E-state index in [-0.39, 0.29) is 29.7 Å². The maximum absolute atomic E-state index is 13.5. The van der Waals surface area contributed by atoms with Crippen LogP contribution in [0.25, 0.3) is 11.1 Å². The first-order valence-electron chi connectivity index (χ1n) is 13.4. The first kappa shape index (κ1) is 30.2. The number of rotatable bonds is 16. The number of carbonyl (C=O) groups excluding carboxylic acids is 2. The summed E-state index contributed by atoms with van der Waals surface area (Å²) in [6.45, 7) is 6.53. The van der Waals surface area contributed by atoms with E-state index in [1.807, 2.05) is 79.7 Å². The molecule has 6 heteroatoms. The highest BCUT2D eigenvalue weighted by Gasteiger charge is 2.28. The highest BCUT2D eigenvalue weighted by Crippen LogP contribution is 2.25. The van der Waals surface area contributed by atoms with Crippen LogP contribution in [0.2, 0.25) is 0 Å². The smallest absolute Gasteiger partial charge is 0.207 e. The van der Waals surface area contributed by atoms with Gasteiger partial charge in [-0.25, -0.2) is 0 Å². The van der Waals surface area contributed by atoms with E-state index in [1.54, 1.807) is 12.1 Å². The Morgan fingerprint density at radius 1 is 0.974 bits per heavy atom. The molecule has 0 amide bonds. The van der Waals surface area contributed by atoms with Gasteiger partial charge in [0, 0.05) is 29.8 Å². The van der Waals surface area contributed by atoms with E-state index in [0.29, 0.717) is 37.3 Å². The SMILES string of the molecule is C=C(C)C(CCl)NCCCC(CC(=N)C(=O)c1ccccc1-c1ccccc1)C(=O)C(N)Cc1ccccc1. The second kappa shape index (κ2) is 15.3. The van der Waals surface area contributed by atoms with Gasteiger partial charge >= 0.3 is 0 Å². The third-order valence-corrected chi connectivity index (χ3v) is 7.23. The molecule has 4 N–H and O–H groups in total. The normalized spacial score (nSPS) is 13.3. The fourth-order valence-electron chi connectivity index (χ4n) is 4.65. The molecule has 204 valence electrons. The Balaban J connectivity index is 1.75. The molecule has 0 spiro atoms. The maximum atomic E-state index is 13.5. The summed E-state index contributed by atoms with van der Waals surface area (Å²) in [5.74, 6) is -0.613. The number of hydrogen-bond acceptors (Lipinski definition) is 5. The summed E-state index contributed by atoms with van der Waals surface area (Å²) in [6.07, 6.45) is 1.64. The second-order valence-electron chi connectivity index (χ2n) is 9.97. The van der Waals surface area contributed by atoms with Crippen LogP contribution in [0.1, 0.15) is 42.1 Å². The summed E-state index contributed by atoms with van der Waals surface area (Å²) in [5, 5.41) is 12.1. The van der Waals surface area contributed by atoms with E-state index in [4.69, 9.17) is 22.7 Å². The van der Waals surface area contributed by atoms with Crippen LogP contribution >= 0.6 is 11.6 Å². The van der Waals surface area contributed by atoms with Gasteiger partial charge in [0.2, 0.25) is 5.78 Å². The van der Waals surface area contributed by atoms with E-state index in [2.05, 4.69) is 11.9 Å². The van der Waals surface area contributed by atoms with Crippen LogP contribution in [0.3, 0.4) is 0 Å². The molecular formula is C33H38ClN3O2. The lowest BCUT2D eigenvalue weighted by Gasteiger charge is -2.22. The molecule has 0 aliphatic heterocycles. The number of hydrogen-bond donors (Lipinski definition) is 3. The summed E-state index contributed by atoms with van der Waals surface area (Å²) >= 11 is 6.03. The Labute approximate surface area is 237 Å².